The summed E-state index contributed by atoms with van der Waals surface area (Å²) in [5.74, 6) is 0.0643. The number of hydrogen-bond acceptors (Lipinski definition) is 7. The first kappa shape index (κ1) is 23.1. The zero-order valence-corrected chi connectivity index (χ0v) is 19.1. The number of hydrogen-bond donors (Lipinski definition) is 0. The molecule has 0 saturated carbocycles. The van der Waals surface area contributed by atoms with Gasteiger partial charge in [-0.3, -0.25) is 9.59 Å². The fourth-order valence-electron chi connectivity index (χ4n) is 4.12. The second kappa shape index (κ2) is 9.79. The lowest BCUT2D eigenvalue weighted by Gasteiger charge is -2.20. The van der Waals surface area contributed by atoms with Crippen LogP contribution in [0.5, 0.6) is 17.2 Å². The number of aryl methyl sites for hydroxylation is 1. The van der Waals surface area contributed by atoms with Crippen molar-refractivity contribution in [2.24, 2.45) is 0 Å². The van der Waals surface area contributed by atoms with E-state index in [4.69, 9.17) is 14.2 Å². The van der Waals surface area contributed by atoms with Crippen LogP contribution in [0.2, 0.25) is 0 Å². The van der Waals surface area contributed by atoms with E-state index < -0.39 is 5.97 Å². The Balaban J connectivity index is 1.56. The first-order valence-corrected chi connectivity index (χ1v) is 11.1. The van der Waals surface area contributed by atoms with Crippen LogP contribution in [0.25, 0.3) is 0 Å². The lowest BCUT2D eigenvalue weighted by molar-refractivity contribution is -0.145. The van der Waals surface area contributed by atoms with Crippen molar-refractivity contribution >= 4 is 23.5 Å². The molecule has 34 heavy (non-hydrogen) atoms. The molecule has 8 heteroatoms. The number of ether oxygens (including phenoxy) is 3. The van der Waals surface area contributed by atoms with E-state index in [2.05, 4.69) is 6.07 Å². The van der Waals surface area contributed by atoms with E-state index in [1.165, 1.54) is 4.90 Å². The van der Waals surface area contributed by atoms with Crippen LogP contribution < -0.4 is 14.4 Å². The van der Waals surface area contributed by atoms with Gasteiger partial charge in [0.25, 0.3) is 11.8 Å². The van der Waals surface area contributed by atoms with Gasteiger partial charge in [-0.05, 0) is 75.4 Å². The highest BCUT2D eigenvalue weighted by Crippen LogP contribution is 2.39. The van der Waals surface area contributed by atoms with Crippen LogP contribution in [-0.2, 0) is 19.1 Å². The molecule has 0 aromatic heterocycles. The minimum Gasteiger partial charge on any atom is -0.482 e. The maximum absolute atomic E-state index is 13.0. The quantitative estimate of drug-likeness (QED) is 0.447. The number of nitriles is 1. The zero-order valence-electron chi connectivity index (χ0n) is 19.1. The number of carbonyl (C=O) groups excluding carboxylic acids is 3. The van der Waals surface area contributed by atoms with Gasteiger partial charge in [0.15, 0.2) is 6.61 Å². The molecule has 1 heterocycles. The van der Waals surface area contributed by atoms with Crippen molar-refractivity contribution < 1.29 is 28.6 Å². The summed E-state index contributed by atoms with van der Waals surface area (Å²) in [6, 6.07) is 11.8. The van der Waals surface area contributed by atoms with Crippen LogP contribution in [-0.4, -0.2) is 31.0 Å². The summed E-state index contributed by atoms with van der Waals surface area (Å²) in [4.78, 5) is 38.7. The van der Waals surface area contributed by atoms with E-state index >= 15 is 0 Å². The molecule has 1 aliphatic heterocycles. The highest BCUT2D eigenvalue weighted by molar-refractivity contribution is 6.33. The standard InChI is InChI=1S/C26H24N2O6/c1-3-32-24(29)15-33-18-8-10-19(11-9-18)34-23-13-22(16(2)12-17(23)14-27)28-25(30)20-6-4-5-7-21(20)26(28)31/h8-13H,3-7,15H2,1-2H3. The molecular weight excluding hydrogens is 436 g/mol. The van der Waals surface area contributed by atoms with Crippen molar-refractivity contribution in [1.29, 1.82) is 5.26 Å². The molecule has 8 nitrogen and oxygen atoms in total. The van der Waals surface area contributed by atoms with E-state index in [1.54, 1.807) is 50.2 Å². The van der Waals surface area contributed by atoms with E-state index in [1.807, 2.05) is 0 Å². The molecule has 0 unspecified atom stereocenters. The summed E-state index contributed by atoms with van der Waals surface area (Å²) in [5.41, 5.74) is 2.52. The third kappa shape index (κ3) is 4.50. The normalized spacial score (nSPS) is 15.1. The minimum absolute atomic E-state index is 0.205. The zero-order chi connectivity index (χ0) is 24.2. The van der Waals surface area contributed by atoms with Crippen LogP contribution in [0.15, 0.2) is 47.5 Å². The van der Waals surface area contributed by atoms with Crippen molar-refractivity contribution in [3.05, 3.63) is 58.7 Å². The first-order valence-electron chi connectivity index (χ1n) is 11.1. The van der Waals surface area contributed by atoms with Crippen LogP contribution in [0.3, 0.4) is 0 Å². The Morgan fingerprint density at radius 2 is 1.65 bits per heavy atom. The molecule has 0 radical (unpaired) electrons. The van der Waals surface area contributed by atoms with Crippen LogP contribution in [0.4, 0.5) is 5.69 Å². The molecule has 2 aliphatic rings. The number of benzene rings is 2. The molecule has 174 valence electrons. The van der Waals surface area contributed by atoms with Gasteiger partial charge in [-0.25, -0.2) is 9.69 Å². The monoisotopic (exact) mass is 460 g/mol. The SMILES string of the molecule is CCOC(=O)COc1ccc(Oc2cc(N3C(=O)C4=C(CCCC4)C3=O)c(C)cc2C#N)cc1. The second-order valence-electron chi connectivity index (χ2n) is 8.02. The van der Waals surface area contributed by atoms with Crippen molar-refractivity contribution in [2.75, 3.05) is 18.1 Å². The molecule has 0 fully saturated rings. The molecule has 0 bridgehead atoms. The largest absolute Gasteiger partial charge is 0.482 e. The molecular formula is C26H24N2O6. The van der Waals surface area contributed by atoms with Gasteiger partial charge >= 0.3 is 5.97 Å². The maximum atomic E-state index is 13.0. The predicted octanol–water partition coefficient (Wildman–Crippen LogP) is 4.34. The minimum atomic E-state index is -0.462. The Morgan fingerprint density at radius 3 is 2.24 bits per heavy atom. The Bertz CT molecular complexity index is 1200. The lowest BCUT2D eigenvalue weighted by Crippen LogP contribution is -2.32. The molecule has 2 amide bonds. The van der Waals surface area contributed by atoms with E-state index in [0.29, 0.717) is 46.7 Å². The van der Waals surface area contributed by atoms with Gasteiger partial charge < -0.3 is 14.2 Å². The summed E-state index contributed by atoms with van der Waals surface area (Å²) >= 11 is 0. The fourth-order valence-corrected chi connectivity index (χ4v) is 4.12. The highest BCUT2D eigenvalue weighted by atomic mass is 16.6. The van der Waals surface area contributed by atoms with Gasteiger partial charge in [-0.2, -0.15) is 5.26 Å². The number of imide groups is 1. The summed E-state index contributed by atoms with van der Waals surface area (Å²) in [6.07, 6.45) is 3.01. The molecule has 1 aliphatic carbocycles. The molecule has 2 aromatic carbocycles. The molecule has 0 saturated heterocycles. The summed E-state index contributed by atoms with van der Waals surface area (Å²) in [5, 5.41) is 9.61. The van der Waals surface area contributed by atoms with Crippen LogP contribution in [0, 0.1) is 18.3 Å². The first-order chi connectivity index (χ1) is 16.4. The fraction of sp³-hybridized carbons (Fsp3) is 0.308. The van der Waals surface area contributed by atoms with Crippen LogP contribution >= 0.6 is 0 Å². The summed E-state index contributed by atoms with van der Waals surface area (Å²) < 4.78 is 16.1. The van der Waals surface area contributed by atoms with Crippen molar-refractivity contribution in [2.45, 2.75) is 39.5 Å². The number of amides is 2. The maximum Gasteiger partial charge on any atom is 0.344 e. The van der Waals surface area contributed by atoms with Gasteiger partial charge in [0.2, 0.25) is 0 Å². The molecule has 0 spiro atoms. The number of esters is 1. The molecule has 2 aromatic rings. The van der Waals surface area contributed by atoms with Gasteiger partial charge in [0, 0.05) is 17.2 Å². The third-order valence-electron chi connectivity index (χ3n) is 5.76. The van der Waals surface area contributed by atoms with Crippen LogP contribution in [0.1, 0.15) is 43.7 Å². The van der Waals surface area contributed by atoms with Crippen molar-refractivity contribution in [3.63, 3.8) is 0 Å². The molecule has 4 rings (SSSR count). The van der Waals surface area contributed by atoms with E-state index in [0.717, 1.165) is 12.8 Å². The second-order valence-corrected chi connectivity index (χ2v) is 8.02. The Kier molecular flexibility index (Phi) is 6.64. The number of carbonyl (C=O) groups is 3. The Labute approximate surface area is 197 Å². The van der Waals surface area contributed by atoms with Gasteiger partial charge in [-0.1, -0.05) is 0 Å². The smallest absolute Gasteiger partial charge is 0.344 e. The highest BCUT2D eigenvalue weighted by Gasteiger charge is 2.40. The summed E-state index contributed by atoms with van der Waals surface area (Å²) in [6.45, 7) is 3.55. The summed E-state index contributed by atoms with van der Waals surface area (Å²) in [7, 11) is 0. The Hall–Kier alpha value is -4.12. The predicted molar refractivity (Wildman–Crippen MR) is 123 cm³/mol. The van der Waals surface area contributed by atoms with Gasteiger partial charge in [0.1, 0.15) is 23.3 Å². The average molecular weight is 460 g/mol. The number of nitrogens with zero attached hydrogens (tertiary/aromatic N) is 2. The van der Waals surface area contributed by atoms with Crippen molar-refractivity contribution in [3.8, 4) is 23.3 Å². The number of rotatable bonds is 7. The van der Waals surface area contributed by atoms with Gasteiger partial charge in [0.05, 0.1) is 17.9 Å². The topological polar surface area (TPSA) is 106 Å². The van der Waals surface area contributed by atoms with Gasteiger partial charge in [-0.15, -0.1) is 0 Å². The lowest BCUT2D eigenvalue weighted by atomic mass is 9.93. The molecule has 0 atom stereocenters. The van der Waals surface area contributed by atoms with Crippen molar-refractivity contribution in [1.82, 2.24) is 0 Å². The van der Waals surface area contributed by atoms with E-state index in [-0.39, 0.29) is 36.3 Å². The third-order valence-corrected chi connectivity index (χ3v) is 5.76. The average Bonchev–Trinajstić information content (AvgIpc) is 3.09. The number of anilines is 1. The van der Waals surface area contributed by atoms with E-state index in [9.17, 15) is 19.6 Å². The Morgan fingerprint density at radius 1 is 1.03 bits per heavy atom. The molecule has 0 N–H and O–H groups in total.